The molecule has 2 aromatic rings. The van der Waals surface area contributed by atoms with Crippen LogP contribution in [0.15, 0.2) is 34.9 Å². The third kappa shape index (κ3) is 2.63. The van der Waals surface area contributed by atoms with Crippen molar-refractivity contribution < 1.29 is 0 Å². The van der Waals surface area contributed by atoms with Gasteiger partial charge in [0.2, 0.25) is 0 Å². The molecule has 3 nitrogen and oxygen atoms in total. The quantitative estimate of drug-likeness (QED) is 0.890. The van der Waals surface area contributed by atoms with E-state index in [1.807, 2.05) is 19.1 Å². The van der Waals surface area contributed by atoms with Gasteiger partial charge in [0, 0.05) is 6.20 Å². The van der Waals surface area contributed by atoms with Gasteiger partial charge >= 0.3 is 0 Å². The van der Waals surface area contributed by atoms with Crippen LogP contribution in [0, 0.1) is 18.3 Å². The molecule has 0 saturated carbocycles. The summed E-state index contributed by atoms with van der Waals surface area (Å²) < 4.78 is 0.894. The van der Waals surface area contributed by atoms with Crippen LogP contribution in [0.5, 0.6) is 0 Å². The van der Waals surface area contributed by atoms with E-state index < -0.39 is 0 Å². The Labute approximate surface area is 119 Å². The maximum Gasteiger partial charge on any atom is 0.144 e. The third-order valence-corrected chi connectivity index (χ3v) is 3.75. The number of aryl methyl sites for hydroxylation is 1. The van der Waals surface area contributed by atoms with Gasteiger partial charge in [-0.1, -0.05) is 11.6 Å². The summed E-state index contributed by atoms with van der Waals surface area (Å²) in [6, 6.07) is 9.04. The van der Waals surface area contributed by atoms with E-state index >= 15 is 0 Å². The molecule has 5 heteroatoms. The molecule has 0 bridgehead atoms. The van der Waals surface area contributed by atoms with Crippen molar-refractivity contribution in [3.8, 4) is 6.07 Å². The third-order valence-electron chi connectivity index (χ3n) is 2.43. The topological polar surface area (TPSA) is 48.7 Å². The number of nitrogens with zero attached hydrogens (tertiary/aromatic N) is 2. The van der Waals surface area contributed by atoms with E-state index in [-0.39, 0.29) is 0 Å². The molecular weight excluding hydrogens is 314 g/mol. The molecule has 1 heterocycles. The molecule has 0 radical (unpaired) electrons. The van der Waals surface area contributed by atoms with E-state index in [0.717, 1.165) is 15.7 Å². The first-order valence-electron chi connectivity index (χ1n) is 5.19. The zero-order chi connectivity index (χ0) is 13.1. The van der Waals surface area contributed by atoms with Crippen molar-refractivity contribution in [3.63, 3.8) is 0 Å². The predicted octanol–water partition coefficient (Wildman–Crippen LogP) is 4.42. The van der Waals surface area contributed by atoms with Gasteiger partial charge in [-0.05, 0) is 52.7 Å². The number of hydrogen-bond donors (Lipinski definition) is 1. The summed E-state index contributed by atoms with van der Waals surface area (Å²) in [6.07, 6.45) is 1.72. The Hall–Kier alpha value is -1.57. The molecule has 1 N–H and O–H groups in total. The van der Waals surface area contributed by atoms with Crippen molar-refractivity contribution in [2.75, 3.05) is 5.32 Å². The standard InChI is InChI=1S/C13H9BrClN3/c1-8-4-5-17-13(12(8)14)18-11-3-2-9(7-16)6-10(11)15/h2-6H,1H3,(H,17,18). The fourth-order valence-electron chi connectivity index (χ4n) is 1.44. The number of anilines is 2. The lowest BCUT2D eigenvalue weighted by Gasteiger charge is -2.10. The van der Waals surface area contributed by atoms with Crippen molar-refractivity contribution in [2.24, 2.45) is 0 Å². The molecule has 1 aromatic heterocycles. The minimum atomic E-state index is 0.490. The molecule has 0 aliphatic carbocycles. The van der Waals surface area contributed by atoms with Crippen molar-refractivity contribution >= 4 is 39.0 Å². The minimum Gasteiger partial charge on any atom is -0.338 e. The molecule has 0 aliphatic heterocycles. The van der Waals surface area contributed by atoms with Gasteiger partial charge in [-0.2, -0.15) is 5.26 Å². The zero-order valence-electron chi connectivity index (χ0n) is 9.54. The summed E-state index contributed by atoms with van der Waals surface area (Å²) >= 11 is 9.56. The molecule has 1 aromatic carbocycles. The van der Waals surface area contributed by atoms with E-state index in [4.69, 9.17) is 16.9 Å². The summed E-state index contributed by atoms with van der Waals surface area (Å²) in [5, 5.41) is 12.4. The van der Waals surface area contributed by atoms with Gasteiger partial charge in [0.05, 0.1) is 26.8 Å². The Morgan fingerprint density at radius 2 is 2.17 bits per heavy atom. The number of nitriles is 1. The monoisotopic (exact) mass is 321 g/mol. The van der Waals surface area contributed by atoms with Crippen LogP contribution >= 0.6 is 27.5 Å². The number of aromatic nitrogens is 1. The predicted molar refractivity (Wildman–Crippen MR) is 76.1 cm³/mol. The highest BCUT2D eigenvalue weighted by Gasteiger charge is 2.07. The van der Waals surface area contributed by atoms with Crippen molar-refractivity contribution in [3.05, 3.63) is 51.1 Å². The maximum absolute atomic E-state index is 8.77. The lowest BCUT2D eigenvalue weighted by atomic mass is 10.2. The van der Waals surface area contributed by atoms with Crippen LogP contribution in [0.3, 0.4) is 0 Å². The van der Waals surface area contributed by atoms with Crippen LogP contribution in [-0.2, 0) is 0 Å². The number of hydrogen-bond acceptors (Lipinski definition) is 3. The SMILES string of the molecule is Cc1ccnc(Nc2ccc(C#N)cc2Cl)c1Br. The maximum atomic E-state index is 8.77. The van der Waals surface area contributed by atoms with Gasteiger partial charge in [0.25, 0.3) is 0 Å². The Bertz CT molecular complexity index is 635. The largest absolute Gasteiger partial charge is 0.338 e. The van der Waals surface area contributed by atoms with E-state index in [2.05, 4.69) is 26.2 Å². The Balaban J connectivity index is 2.35. The van der Waals surface area contributed by atoms with Gasteiger partial charge in [-0.15, -0.1) is 0 Å². The normalized spacial score (nSPS) is 9.89. The number of pyridine rings is 1. The molecule has 0 aliphatic rings. The molecule has 0 atom stereocenters. The average Bonchev–Trinajstić information content (AvgIpc) is 2.37. The summed E-state index contributed by atoms with van der Waals surface area (Å²) in [4.78, 5) is 4.24. The second-order valence-corrected chi connectivity index (χ2v) is 4.92. The average molecular weight is 323 g/mol. The number of halogens is 2. The minimum absolute atomic E-state index is 0.490. The number of nitrogens with one attached hydrogen (secondary N) is 1. The van der Waals surface area contributed by atoms with Crippen LogP contribution in [0.25, 0.3) is 0 Å². The Morgan fingerprint density at radius 1 is 1.39 bits per heavy atom. The van der Waals surface area contributed by atoms with Crippen molar-refractivity contribution in [1.29, 1.82) is 5.26 Å². The molecule has 0 saturated heterocycles. The van der Waals surface area contributed by atoms with Gasteiger partial charge in [0.1, 0.15) is 5.82 Å². The number of benzene rings is 1. The van der Waals surface area contributed by atoms with Crippen LogP contribution in [0.1, 0.15) is 11.1 Å². The van der Waals surface area contributed by atoms with Gasteiger partial charge < -0.3 is 5.32 Å². The van der Waals surface area contributed by atoms with E-state index in [0.29, 0.717) is 16.4 Å². The smallest absolute Gasteiger partial charge is 0.144 e. The molecule has 0 fully saturated rings. The van der Waals surface area contributed by atoms with Crippen molar-refractivity contribution in [2.45, 2.75) is 6.92 Å². The highest BCUT2D eigenvalue weighted by Crippen LogP contribution is 2.30. The van der Waals surface area contributed by atoms with Crippen LogP contribution in [-0.4, -0.2) is 4.98 Å². The Morgan fingerprint density at radius 3 is 2.83 bits per heavy atom. The van der Waals surface area contributed by atoms with Crippen LogP contribution < -0.4 is 5.32 Å². The van der Waals surface area contributed by atoms with Gasteiger partial charge in [-0.25, -0.2) is 4.98 Å². The lowest BCUT2D eigenvalue weighted by Crippen LogP contribution is -1.96. The molecular formula is C13H9BrClN3. The molecule has 0 spiro atoms. The summed E-state index contributed by atoms with van der Waals surface area (Å²) in [5.41, 5.74) is 2.33. The molecule has 18 heavy (non-hydrogen) atoms. The second-order valence-electron chi connectivity index (χ2n) is 3.72. The first kappa shape index (κ1) is 12.9. The molecule has 2 rings (SSSR count). The number of rotatable bonds is 2. The fourth-order valence-corrected chi connectivity index (χ4v) is 2.00. The lowest BCUT2D eigenvalue weighted by molar-refractivity contribution is 1.25. The fraction of sp³-hybridized carbons (Fsp3) is 0.0769. The molecule has 90 valence electrons. The van der Waals surface area contributed by atoms with Crippen LogP contribution in [0.4, 0.5) is 11.5 Å². The van der Waals surface area contributed by atoms with Gasteiger partial charge in [-0.3, -0.25) is 0 Å². The first-order valence-corrected chi connectivity index (χ1v) is 6.36. The second kappa shape index (κ2) is 5.38. The summed E-state index contributed by atoms with van der Waals surface area (Å²) in [7, 11) is 0. The van der Waals surface area contributed by atoms with E-state index in [1.54, 1.807) is 24.4 Å². The molecule has 0 amide bonds. The van der Waals surface area contributed by atoms with Crippen LogP contribution in [0.2, 0.25) is 5.02 Å². The summed E-state index contributed by atoms with van der Waals surface area (Å²) in [5.74, 6) is 0.696. The molecule has 0 unspecified atom stereocenters. The van der Waals surface area contributed by atoms with Gasteiger partial charge in [0.15, 0.2) is 0 Å². The summed E-state index contributed by atoms with van der Waals surface area (Å²) in [6.45, 7) is 1.98. The highest BCUT2D eigenvalue weighted by molar-refractivity contribution is 9.10. The first-order chi connectivity index (χ1) is 8.61. The van der Waals surface area contributed by atoms with E-state index in [9.17, 15) is 0 Å². The Kier molecular flexibility index (Phi) is 3.85. The highest BCUT2D eigenvalue weighted by atomic mass is 79.9. The van der Waals surface area contributed by atoms with Crippen molar-refractivity contribution in [1.82, 2.24) is 4.98 Å². The van der Waals surface area contributed by atoms with E-state index in [1.165, 1.54) is 0 Å². The zero-order valence-corrected chi connectivity index (χ0v) is 11.9.